The highest BCUT2D eigenvalue weighted by Crippen LogP contribution is 2.25. The van der Waals surface area contributed by atoms with Gasteiger partial charge in [0.1, 0.15) is 0 Å². The molecule has 2 heterocycles. The van der Waals surface area contributed by atoms with Crippen molar-refractivity contribution in [1.82, 2.24) is 9.29 Å². The summed E-state index contributed by atoms with van der Waals surface area (Å²) < 4.78 is 33.0. The van der Waals surface area contributed by atoms with E-state index in [1.165, 1.54) is 39.9 Å². The van der Waals surface area contributed by atoms with Crippen LogP contribution in [0.25, 0.3) is 11.3 Å². The second-order valence-corrected chi connectivity index (χ2v) is 10.3. The highest BCUT2D eigenvalue weighted by atomic mass is 32.2. The lowest BCUT2D eigenvalue weighted by Crippen LogP contribution is -2.48. The summed E-state index contributed by atoms with van der Waals surface area (Å²) in [5.74, 6) is -0.341. The molecule has 31 heavy (non-hydrogen) atoms. The quantitative estimate of drug-likeness (QED) is 0.629. The highest BCUT2D eigenvalue weighted by molar-refractivity contribution is 7.89. The number of hydrogen-bond acceptors (Lipinski definition) is 6. The molecule has 1 aliphatic heterocycles. The normalized spacial score (nSPS) is 19.8. The third kappa shape index (κ3) is 4.85. The lowest BCUT2D eigenvalue weighted by molar-refractivity contribution is -0.0440. The van der Waals surface area contributed by atoms with Crippen LogP contribution in [0.15, 0.2) is 64.9 Å². The molecule has 9 heteroatoms. The number of benzene rings is 2. The molecule has 162 valence electrons. The van der Waals surface area contributed by atoms with Crippen LogP contribution in [-0.4, -0.2) is 48.9 Å². The molecule has 1 aromatic heterocycles. The fraction of sp³-hybridized carbons (Fsp3) is 0.273. The van der Waals surface area contributed by atoms with E-state index in [2.05, 4.69) is 10.3 Å². The maximum Gasteiger partial charge on any atom is 0.257 e. The van der Waals surface area contributed by atoms with E-state index in [9.17, 15) is 13.2 Å². The number of morpholine rings is 1. The maximum atomic E-state index is 12.9. The summed E-state index contributed by atoms with van der Waals surface area (Å²) >= 11 is 1.34. The first kappa shape index (κ1) is 21.6. The third-order valence-corrected chi connectivity index (χ3v) is 7.54. The minimum absolute atomic E-state index is 0.158. The van der Waals surface area contributed by atoms with Crippen molar-refractivity contribution in [1.29, 1.82) is 0 Å². The number of carbonyl (C=O) groups is 1. The van der Waals surface area contributed by atoms with Gasteiger partial charge in [0.05, 0.1) is 22.8 Å². The SMILES string of the molecule is CC1CN(S(=O)(=O)c2ccc(C(=O)Nc3nc(-c4ccccc4)cs3)cc2)CC(C)O1. The van der Waals surface area contributed by atoms with Crippen LogP contribution in [-0.2, 0) is 14.8 Å². The number of amides is 1. The molecule has 1 saturated heterocycles. The van der Waals surface area contributed by atoms with Crippen LogP contribution < -0.4 is 5.32 Å². The predicted octanol–water partition coefficient (Wildman–Crippen LogP) is 3.86. The molecule has 0 spiro atoms. The van der Waals surface area contributed by atoms with Crippen LogP contribution in [0.4, 0.5) is 5.13 Å². The molecule has 2 unspecified atom stereocenters. The third-order valence-electron chi connectivity index (χ3n) is 4.93. The molecule has 0 bridgehead atoms. The summed E-state index contributed by atoms with van der Waals surface area (Å²) in [4.78, 5) is 17.2. The standard InChI is InChI=1S/C22H23N3O4S2/c1-15-12-25(13-16(2)29-15)31(27,28)19-10-8-18(9-11-19)21(26)24-22-23-20(14-30-22)17-6-4-3-5-7-17/h3-11,14-16H,12-13H2,1-2H3,(H,23,24,26). The Bertz CT molecular complexity index is 1150. The number of rotatable bonds is 5. The first-order chi connectivity index (χ1) is 14.8. The Hall–Kier alpha value is -2.59. The minimum Gasteiger partial charge on any atom is -0.373 e. The van der Waals surface area contributed by atoms with Crippen molar-refractivity contribution < 1.29 is 17.9 Å². The molecule has 4 rings (SSSR count). The predicted molar refractivity (Wildman–Crippen MR) is 121 cm³/mol. The Kier molecular flexibility index (Phi) is 6.19. The molecule has 1 amide bonds. The molecule has 1 N–H and O–H groups in total. The average molecular weight is 458 g/mol. The van der Waals surface area contributed by atoms with Crippen molar-refractivity contribution in [3.63, 3.8) is 0 Å². The lowest BCUT2D eigenvalue weighted by Gasteiger charge is -2.34. The van der Waals surface area contributed by atoms with Crippen LogP contribution in [0.3, 0.4) is 0 Å². The summed E-state index contributed by atoms with van der Waals surface area (Å²) in [6.07, 6.45) is -0.328. The number of anilines is 1. The van der Waals surface area contributed by atoms with Crippen molar-refractivity contribution in [2.75, 3.05) is 18.4 Å². The minimum atomic E-state index is -3.65. The number of aromatic nitrogens is 1. The molecule has 2 aromatic carbocycles. The number of sulfonamides is 1. The average Bonchev–Trinajstić information content (AvgIpc) is 3.22. The monoisotopic (exact) mass is 457 g/mol. The van der Waals surface area contributed by atoms with Gasteiger partial charge >= 0.3 is 0 Å². The molecule has 7 nitrogen and oxygen atoms in total. The molecule has 0 aliphatic carbocycles. The fourth-order valence-electron chi connectivity index (χ4n) is 3.50. The van der Waals surface area contributed by atoms with E-state index >= 15 is 0 Å². The zero-order valence-corrected chi connectivity index (χ0v) is 18.8. The van der Waals surface area contributed by atoms with E-state index in [1.54, 1.807) is 0 Å². The van der Waals surface area contributed by atoms with Crippen LogP contribution in [0.1, 0.15) is 24.2 Å². The lowest BCUT2D eigenvalue weighted by atomic mass is 10.2. The maximum absolute atomic E-state index is 12.9. The summed E-state index contributed by atoms with van der Waals surface area (Å²) in [5, 5.41) is 5.14. The summed E-state index contributed by atoms with van der Waals surface area (Å²) in [6.45, 7) is 4.33. The van der Waals surface area contributed by atoms with E-state index in [0.29, 0.717) is 23.8 Å². The van der Waals surface area contributed by atoms with Gasteiger partial charge in [-0.1, -0.05) is 30.3 Å². The van der Waals surface area contributed by atoms with Gasteiger partial charge < -0.3 is 4.74 Å². The number of ether oxygens (including phenoxy) is 1. The van der Waals surface area contributed by atoms with E-state index < -0.39 is 10.0 Å². The highest BCUT2D eigenvalue weighted by Gasteiger charge is 2.32. The van der Waals surface area contributed by atoms with Gasteiger partial charge in [0.25, 0.3) is 5.91 Å². The Morgan fingerprint density at radius 1 is 1.06 bits per heavy atom. The Morgan fingerprint density at radius 3 is 2.35 bits per heavy atom. The first-order valence-electron chi connectivity index (χ1n) is 9.91. The summed E-state index contributed by atoms with van der Waals surface area (Å²) in [5.41, 5.74) is 2.12. The van der Waals surface area contributed by atoms with E-state index in [-0.39, 0.29) is 23.0 Å². The number of nitrogens with zero attached hydrogens (tertiary/aromatic N) is 2. The molecular weight excluding hydrogens is 434 g/mol. The van der Waals surface area contributed by atoms with Crippen LogP contribution >= 0.6 is 11.3 Å². The summed E-state index contributed by atoms with van der Waals surface area (Å²) in [7, 11) is -3.65. The second kappa shape index (κ2) is 8.88. The van der Waals surface area contributed by atoms with Crippen LogP contribution in [0.2, 0.25) is 0 Å². The molecule has 0 saturated carbocycles. The molecule has 1 aliphatic rings. The molecule has 0 radical (unpaired) electrons. The number of hydrogen-bond donors (Lipinski definition) is 1. The van der Waals surface area contributed by atoms with Gasteiger partial charge in [-0.25, -0.2) is 13.4 Å². The van der Waals surface area contributed by atoms with Gasteiger partial charge in [0, 0.05) is 29.6 Å². The van der Waals surface area contributed by atoms with Gasteiger partial charge in [0.15, 0.2) is 5.13 Å². The van der Waals surface area contributed by atoms with Crippen LogP contribution in [0, 0.1) is 0 Å². The van der Waals surface area contributed by atoms with E-state index in [4.69, 9.17) is 4.74 Å². The van der Waals surface area contributed by atoms with Gasteiger partial charge in [0.2, 0.25) is 10.0 Å². The topological polar surface area (TPSA) is 88.6 Å². The first-order valence-corrected chi connectivity index (χ1v) is 12.2. The molecule has 3 aromatic rings. The number of carbonyl (C=O) groups excluding carboxylic acids is 1. The summed E-state index contributed by atoms with van der Waals surface area (Å²) in [6, 6.07) is 15.7. The Labute approximate surface area is 185 Å². The Morgan fingerprint density at radius 2 is 1.71 bits per heavy atom. The van der Waals surface area contributed by atoms with E-state index in [1.807, 2.05) is 49.6 Å². The Balaban J connectivity index is 1.45. The van der Waals surface area contributed by atoms with E-state index in [0.717, 1.165) is 11.3 Å². The van der Waals surface area contributed by atoms with Gasteiger partial charge in [-0.3, -0.25) is 10.1 Å². The van der Waals surface area contributed by atoms with Crippen molar-refractivity contribution >= 4 is 32.4 Å². The zero-order valence-electron chi connectivity index (χ0n) is 17.2. The molecular formula is C22H23N3O4S2. The fourth-order valence-corrected chi connectivity index (χ4v) is 5.80. The number of thiazole rings is 1. The van der Waals surface area contributed by atoms with Crippen LogP contribution in [0.5, 0.6) is 0 Å². The number of nitrogens with one attached hydrogen (secondary N) is 1. The second-order valence-electron chi connectivity index (χ2n) is 7.46. The van der Waals surface area contributed by atoms with Gasteiger partial charge in [-0.15, -0.1) is 11.3 Å². The molecule has 2 atom stereocenters. The van der Waals surface area contributed by atoms with Crippen molar-refractivity contribution in [2.45, 2.75) is 31.0 Å². The largest absolute Gasteiger partial charge is 0.373 e. The van der Waals surface area contributed by atoms with Gasteiger partial charge in [-0.05, 0) is 38.1 Å². The van der Waals surface area contributed by atoms with Gasteiger partial charge in [-0.2, -0.15) is 4.31 Å². The van der Waals surface area contributed by atoms with Crippen molar-refractivity contribution in [2.24, 2.45) is 0 Å². The smallest absolute Gasteiger partial charge is 0.257 e. The molecule has 1 fully saturated rings. The van der Waals surface area contributed by atoms with Crippen molar-refractivity contribution in [3.8, 4) is 11.3 Å². The van der Waals surface area contributed by atoms with Crippen molar-refractivity contribution in [3.05, 3.63) is 65.5 Å². The zero-order chi connectivity index (χ0) is 22.0.